The molecule has 0 bridgehead atoms. The highest BCUT2D eigenvalue weighted by Crippen LogP contribution is 2.30. The summed E-state index contributed by atoms with van der Waals surface area (Å²) in [6.07, 6.45) is 0.327. The van der Waals surface area contributed by atoms with E-state index in [1.807, 2.05) is 0 Å². The predicted octanol–water partition coefficient (Wildman–Crippen LogP) is 1.35. The first kappa shape index (κ1) is 15.2. The Morgan fingerprint density at radius 3 is 2.96 bits per heavy atom. The SMILES string of the molecule is CN1C(=O)COC(C(=O)Nc2ccon2)C1c1cccc(F)c1. The Balaban J connectivity index is 1.89. The van der Waals surface area contributed by atoms with E-state index in [1.165, 1.54) is 35.4 Å². The van der Waals surface area contributed by atoms with Crippen molar-refractivity contribution < 1.29 is 23.2 Å². The van der Waals surface area contributed by atoms with Crippen LogP contribution in [0.5, 0.6) is 0 Å². The average molecular weight is 319 g/mol. The molecule has 1 aliphatic heterocycles. The van der Waals surface area contributed by atoms with E-state index in [9.17, 15) is 14.0 Å². The lowest BCUT2D eigenvalue weighted by Crippen LogP contribution is -2.51. The van der Waals surface area contributed by atoms with Crippen molar-refractivity contribution in [1.29, 1.82) is 0 Å². The van der Waals surface area contributed by atoms with E-state index in [4.69, 9.17) is 4.74 Å². The summed E-state index contributed by atoms with van der Waals surface area (Å²) in [6.45, 7) is -0.223. The van der Waals surface area contributed by atoms with Crippen molar-refractivity contribution in [3.63, 3.8) is 0 Å². The Labute approximate surface area is 131 Å². The summed E-state index contributed by atoms with van der Waals surface area (Å²) in [5, 5.41) is 6.13. The van der Waals surface area contributed by atoms with Gasteiger partial charge >= 0.3 is 0 Å². The number of aromatic nitrogens is 1. The molecule has 23 heavy (non-hydrogen) atoms. The number of carbonyl (C=O) groups excluding carboxylic acids is 2. The van der Waals surface area contributed by atoms with Crippen LogP contribution in [-0.4, -0.2) is 41.6 Å². The van der Waals surface area contributed by atoms with Crippen molar-refractivity contribution in [2.24, 2.45) is 0 Å². The lowest BCUT2D eigenvalue weighted by Gasteiger charge is -2.38. The number of nitrogens with one attached hydrogen (secondary N) is 1. The number of ether oxygens (including phenoxy) is 1. The van der Waals surface area contributed by atoms with Gasteiger partial charge in [0, 0.05) is 13.1 Å². The molecule has 2 unspecified atom stereocenters. The second kappa shape index (κ2) is 6.17. The largest absolute Gasteiger partial charge is 0.363 e. The number of amides is 2. The van der Waals surface area contributed by atoms with E-state index in [2.05, 4.69) is 15.0 Å². The Bertz CT molecular complexity index is 719. The highest BCUT2D eigenvalue weighted by molar-refractivity contribution is 5.95. The van der Waals surface area contributed by atoms with E-state index >= 15 is 0 Å². The molecule has 2 heterocycles. The van der Waals surface area contributed by atoms with Crippen molar-refractivity contribution in [3.8, 4) is 0 Å². The molecule has 1 fully saturated rings. The summed E-state index contributed by atoms with van der Waals surface area (Å²) < 4.78 is 23.6. The molecule has 0 saturated carbocycles. The molecular weight excluding hydrogens is 305 g/mol. The second-order valence-electron chi connectivity index (χ2n) is 5.11. The number of carbonyl (C=O) groups is 2. The molecule has 1 aromatic carbocycles. The molecule has 2 atom stereocenters. The van der Waals surface area contributed by atoms with Crippen LogP contribution in [0.25, 0.3) is 0 Å². The molecule has 7 nitrogen and oxygen atoms in total. The minimum absolute atomic E-state index is 0.223. The first-order chi connectivity index (χ1) is 11.1. The second-order valence-corrected chi connectivity index (χ2v) is 5.11. The van der Waals surface area contributed by atoms with Gasteiger partial charge in [-0.25, -0.2) is 4.39 Å². The van der Waals surface area contributed by atoms with Gasteiger partial charge in [-0.05, 0) is 17.7 Å². The fourth-order valence-electron chi connectivity index (χ4n) is 2.49. The maximum absolute atomic E-state index is 13.5. The molecule has 3 rings (SSSR count). The Hall–Kier alpha value is -2.74. The summed E-state index contributed by atoms with van der Waals surface area (Å²) in [6, 6.07) is 6.47. The fourth-order valence-corrected chi connectivity index (χ4v) is 2.49. The molecule has 0 spiro atoms. The van der Waals surface area contributed by atoms with Gasteiger partial charge in [0.2, 0.25) is 5.91 Å². The van der Waals surface area contributed by atoms with Crippen LogP contribution in [0.3, 0.4) is 0 Å². The van der Waals surface area contributed by atoms with Crippen LogP contribution in [0.2, 0.25) is 0 Å². The third-order valence-corrected chi connectivity index (χ3v) is 3.62. The summed E-state index contributed by atoms with van der Waals surface area (Å²) in [4.78, 5) is 25.7. The van der Waals surface area contributed by atoms with Crippen LogP contribution in [0.1, 0.15) is 11.6 Å². The molecule has 8 heteroatoms. The smallest absolute Gasteiger partial charge is 0.257 e. The third kappa shape index (κ3) is 3.07. The number of rotatable bonds is 3. The minimum Gasteiger partial charge on any atom is -0.363 e. The summed E-state index contributed by atoms with van der Waals surface area (Å²) in [5.41, 5.74) is 0.473. The highest BCUT2D eigenvalue weighted by atomic mass is 19.1. The first-order valence-electron chi connectivity index (χ1n) is 6.90. The topological polar surface area (TPSA) is 84.7 Å². The molecule has 1 aromatic heterocycles. The predicted molar refractivity (Wildman–Crippen MR) is 76.8 cm³/mol. The van der Waals surface area contributed by atoms with Gasteiger partial charge in [-0.15, -0.1) is 0 Å². The number of benzene rings is 1. The number of likely N-dealkylation sites (N-methyl/N-ethyl adjacent to an activating group) is 1. The molecule has 2 aromatic rings. The minimum atomic E-state index is -0.990. The number of nitrogens with zero attached hydrogens (tertiary/aromatic N) is 2. The van der Waals surface area contributed by atoms with Crippen molar-refractivity contribution >= 4 is 17.6 Å². The zero-order chi connectivity index (χ0) is 16.4. The molecule has 2 amide bonds. The summed E-state index contributed by atoms with van der Waals surface area (Å²) >= 11 is 0. The Morgan fingerprint density at radius 1 is 1.43 bits per heavy atom. The number of hydrogen-bond acceptors (Lipinski definition) is 5. The first-order valence-corrected chi connectivity index (χ1v) is 6.90. The third-order valence-electron chi connectivity index (χ3n) is 3.62. The summed E-state index contributed by atoms with van der Waals surface area (Å²) in [5.74, 6) is -1.00. The van der Waals surface area contributed by atoms with Gasteiger partial charge in [-0.1, -0.05) is 17.3 Å². The Morgan fingerprint density at radius 2 is 2.26 bits per heavy atom. The highest BCUT2D eigenvalue weighted by Gasteiger charge is 2.40. The average Bonchev–Trinajstić information content (AvgIpc) is 3.02. The van der Waals surface area contributed by atoms with Gasteiger partial charge in [-0.2, -0.15) is 0 Å². The van der Waals surface area contributed by atoms with Crippen molar-refractivity contribution in [3.05, 3.63) is 48.0 Å². The van der Waals surface area contributed by atoms with Gasteiger partial charge in [0.05, 0.1) is 6.04 Å². The maximum Gasteiger partial charge on any atom is 0.257 e. The van der Waals surface area contributed by atoms with Crippen molar-refractivity contribution in [2.45, 2.75) is 12.1 Å². The van der Waals surface area contributed by atoms with Crippen molar-refractivity contribution in [2.75, 3.05) is 19.0 Å². The lowest BCUT2D eigenvalue weighted by molar-refractivity contribution is -0.160. The Kier molecular flexibility index (Phi) is 4.07. The molecule has 0 aliphatic carbocycles. The fraction of sp³-hybridized carbons (Fsp3) is 0.267. The number of morpholine rings is 1. The normalized spacial score (nSPS) is 21.3. The zero-order valence-electron chi connectivity index (χ0n) is 12.2. The molecule has 1 aliphatic rings. The van der Waals surface area contributed by atoms with Crippen LogP contribution in [-0.2, 0) is 14.3 Å². The number of halogens is 1. The quantitative estimate of drug-likeness (QED) is 0.923. The summed E-state index contributed by atoms with van der Waals surface area (Å²) in [7, 11) is 1.55. The van der Waals surface area contributed by atoms with Crippen LogP contribution in [0.15, 0.2) is 41.1 Å². The van der Waals surface area contributed by atoms with E-state index < -0.39 is 23.9 Å². The molecule has 1 N–H and O–H groups in total. The van der Waals surface area contributed by atoms with Crippen LogP contribution in [0, 0.1) is 5.82 Å². The van der Waals surface area contributed by atoms with E-state index in [0.717, 1.165) is 0 Å². The maximum atomic E-state index is 13.5. The number of anilines is 1. The van der Waals surface area contributed by atoms with E-state index in [0.29, 0.717) is 5.56 Å². The van der Waals surface area contributed by atoms with Gasteiger partial charge < -0.3 is 19.5 Å². The molecule has 0 radical (unpaired) electrons. The molecule has 1 saturated heterocycles. The standard InChI is InChI=1S/C15H14FN3O4/c1-19-12(20)8-22-14(15(21)17-11-5-6-23-18-11)13(19)9-3-2-4-10(16)7-9/h2-7,13-14H,8H2,1H3,(H,17,18,21). The van der Waals surface area contributed by atoms with Gasteiger partial charge in [0.15, 0.2) is 11.9 Å². The van der Waals surface area contributed by atoms with Crippen LogP contribution in [0.4, 0.5) is 10.2 Å². The monoisotopic (exact) mass is 319 g/mol. The van der Waals surface area contributed by atoms with Gasteiger partial charge in [-0.3, -0.25) is 9.59 Å². The van der Waals surface area contributed by atoms with Gasteiger partial charge in [0.25, 0.3) is 5.91 Å². The lowest BCUT2D eigenvalue weighted by atomic mass is 9.97. The van der Waals surface area contributed by atoms with E-state index in [1.54, 1.807) is 13.1 Å². The van der Waals surface area contributed by atoms with Gasteiger partial charge in [0.1, 0.15) is 18.7 Å². The van der Waals surface area contributed by atoms with E-state index in [-0.39, 0.29) is 18.3 Å². The zero-order valence-corrected chi connectivity index (χ0v) is 12.2. The molecule has 120 valence electrons. The molecular formula is C15H14FN3O4. The number of hydrogen-bond donors (Lipinski definition) is 1. The van der Waals surface area contributed by atoms with Crippen molar-refractivity contribution in [1.82, 2.24) is 10.1 Å². The van der Waals surface area contributed by atoms with Crippen LogP contribution < -0.4 is 5.32 Å². The van der Waals surface area contributed by atoms with Crippen LogP contribution >= 0.6 is 0 Å².